The van der Waals surface area contributed by atoms with Gasteiger partial charge >= 0.3 is 11.9 Å². The van der Waals surface area contributed by atoms with Gasteiger partial charge in [-0.15, -0.1) is 0 Å². The molecule has 0 aromatic rings. The maximum absolute atomic E-state index is 11.3. The fraction of sp³-hybridized carbons (Fsp3) is 0.833. The molecular formula is C12H22O4. The topological polar surface area (TPSA) is 52.6 Å². The predicted octanol–water partition coefficient (Wildman–Crippen LogP) is 2.17. The molecule has 4 nitrogen and oxygen atoms in total. The van der Waals surface area contributed by atoms with Gasteiger partial charge in [0.05, 0.1) is 25.6 Å². The summed E-state index contributed by atoms with van der Waals surface area (Å²) < 4.78 is 9.52. The van der Waals surface area contributed by atoms with Crippen LogP contribution in [0, 0.1) is 11.8 Å². The van der Waals surface area contributed by atoms with E-state index in [1.165, 1.54) is 7.11 Å². The Kier molecular flexibility index (Phi) is 7.60. The van der Waals surface area contributed by atoms with E-state index in [0.29, 0.717) is 6.61 Å². The molecule has 2 unspecified atom stereocenters. The van der Waals surface area contributed by atoms with Crippen molar-refractivity contribution in [1.29, 1.82) is 0 Å². The molecule has 0 saturated heterocycles. The minimum Gasteiger partial charge on any atom is -0.469 e. The zero-order chi connectivity index (χ0) is 12.6. The van der Waals surface area contributed by atoms with E-state index in [4.69, 9.17) is 4.74 Å². The van der Waals surface area contributed by atoms with Crippen molar-refractivity contribution < 1.29 is 19.1 Å². The summed E-state index contributed by atoms with van der Waals surface area (Å²) in [6.45, 7) is 5.90. The number of carbonyl (C=O) groups excluding carboxylic acids is 2. The van der Waals surface area contributed by atoms with Crippen molar-refractivity contribution >= 4 is 11.9 Å². The zero-order valence-electron chi connectivity index (χ0n) is 10.6. The first kappa shape index (κ1) is 14.9. The highest BCUT2D eigenvalue weighted by Crippen LogP contribution is 2.14. The van der Waals surface area contributed by atoms with E-state index in [1.54, 1.807) is 6.92 Å². The maximum Gasteiger partial charge on any atom is 0.308 e. The van der Waals surface area contributed by atoms with Crippen molar-refractivity contribution in [2.45, 2.75) is 40.0 Å². The van der Waals surface area contributed by atoms with Crippen molar-refractivity contribution in [2.24, 2.45) is 11.8 Å². The van der Waals surface area contributed by atoms with Crippen LogP contribution in [0.15, 0.2) is 0 Å². The molecule has 16 heavy (non-hydrogen) atoms. The first-order valence-electron chi connectivity index (χ1n) is 5.77. The number of carbonyl (C=O) groups is 2. The summed E-state index contributed by atoms with van der Waals surface area (Å²) in [5.74, 6) is -0.541. The monoisotopic (exact) mass is 230 g/mol. The zero-order valence-corrected chi connectivity index (χ0v) is 10.6. The van der Waals surface area contributed by atoms with Gasteiger partial charge in [0.1, 0.15) is 0 Å². The van der Waals surface area contributed by atoms with Crippen LogP contribution in [0.4, 0.5) is 0 Å². The second-order valence-electron chi connectivity index (χ2n) is 4.01. The van der Waals surface area contributed by atoms with Crippen LogP contribution in [-0.2, 0) is 19.1 Å². The Hall–Kier alpha value is -1.06. The van der Waals surface area contributed by atoms with Crippen LogP contribution in [0.25, 0.3) is 0 Å². The molecule has 0 amide bonds. The molecule has 0 fully saturated rings. The SMILES string of the molecule is CCOC(=O)C(C)CCCC(C)C(=O)OC. The van der Waals surface area contributed by atoms with Crippen LogP contribution in [-0.4, -0.2) is 25.7 Å². The fourth-order valence-electron chi connectivity index (χ4n) is 1.45. The largest absolute Gasteiger partial charge is 0.469 e. The van der Waals surface area contributed by atoms with E-state index in [0.717, 1.165) is 19.3 Å². The lowest BCUT2D eigenvalue weighted by atomic mass is 9.99. The van der Waals surface area contributed by atoms with Crippen molar-refractivity contribution in [3.05, 3.63) is 0 Å². The lowest BCUT2D eigenvalue weighted by Crippen LogP contribution is -2.16. The molecule has 0 saturated carbocycles. The van der Waals surface area contributed by atoms with E-state index >= 15 is 0 Å². The van der Waals surface area contributed by atoms with Gasteiger partial charge in [0, 0.05) is 0 Å². The molecule has 0 bridgehead atoms. The molecule has 0 heterocycles. The molecule has 0 aliphatic rings. The van der Waals surface area contributed by atoms with Gasteiger partial charge in [-0.1, -0.05) is 20.3 Å². The molecule has 0 rings (SSSR count). The summed E-state index contributed by atoms with van der Waals surface area (Å²) in [6, 6.07) is 0. The minimum atomic E-state index is -0.191. The maximum atomic E-state index is 11.3. The van der Waals surface area contributed by atoms with Crippen LogP contribution in [0.5, 0.6) is 0 Å². The minimum absolute atomic E-state index is 0.0928. The van der Waals surface area contributed by atoms with E-state index in [1.807, 2.05) is 13.8 Å². The molecule has 2 atom stereocenters. The quantitative estimate of drug-likeness (QED) is 0.629. The van der Waals surface area contributed by atoms with Crippen LogP contribution >= 0.6 is 0 Å². The third-order valence-corrected chi connectivity index (χ3v) is 2.57. The van der Waals surface area contributed by atoms with Gasteiger partial charge in [-0.2, -0.15) is 0 Å². The second kappa shape index (κ2) is 8.13. The highest BCUT2D eigenvalue weighted by Gasteiger charge is 2.16. The van der Waals surface area contributed by atoms with Crippen molar-refractivity contribution in [3.8, 4) is 0 Å². The van der Waals surface area contributed by atoms with Crippen LogP contribution in [0.3, 0.4) is 0 Å². The molecule has 0 N–H and O–H groups in total. The Morgan fingerprint density at radius 2 is 1.56 bits per heavy atom. The Bertz CT molecular complexity index is 225. The standard InChI is InChI=1S/C12H22O4/c1-5-16-12(14)10(3)8-6-7-9(2)11(13)15-4/h9-10H,5-8H2,1-4H3. The van der Waals surface area contributed by atoms with Crippen LogP contribution in [0.2, 0.25) is 0 Å². The molecule has 0 aromatic heterocycles. The highest BCUT2D eigenvalue weighted by atomic mass is 16.5. The number of hydrogen-bond donors (Lipinski definition) is 0. The van der Waals surface area contributed by atoms with Crippen molar-refractivity contribution in [2.75, 3.05) is 13.7 Å². The summed E-state index contributed by atoms with van der Waals surface area (Å²) in [7, 11) is 1.39. The summed E-state index contributed by atoms with van der Waals surface area (Å²) in [6.07, 6.45) is 2.33. The number of rotatable bonds is 7. The Balaban J connectivity index is 3.73. The van der Waals surface area contributed by atoms with Crippen molar-refractivity contribution in [1.82, 2.24) is 0 Å². The fourth-order valence-corrected chi connectivity index (χ4v) is 1.45. The Labute approximate surface area is 97.3 Å². The first-order valence-corrected chi connectivity index (χ1v) is 5.77. The molecule has 94 valence electrons. The van der Waals surface area contributed by atoms with Gasteiger partial charge in [0.15, 0.2) is 0 Å². The summed E-state index contributed by atoms with van der Waals surface area (Å²) >= 11 is 0. The van der Waals surface area contributed by atoms with Gasteiger partial charge in [-0.3, -0.25) is 9.59 Å². The molecule has 4 heteroatoms. The van der Waals surface area contributed by atoms with Gasteiger partial charge in [-0.25, -0.2) is 0 Å². The third kappa shape index (κ3) is 5.73. The highest BCUT2D eigenvalue weighted by molar-refractivity contribution is 5.72. The van der Waals surface area contributed by atoms with Crippen molar-refractivity contribution in [3.63, 3.8) is 0 Å². The second-order valence-corrected chi connectivity index (χ2v) is 4.01. The third-order valence-electron chi connectivity index (χ3n) is 2.57. The van der Waals surface area contributed by atoms with E-state index in [-0.39, 0.29) is 23.8 Å². The molecule has 0 spiro atoms. The average molecular weight is 230 g/mol. The van der Waals surface area contributed by atoms with E-state index in [2.05, 4.69) is 4.74 Å². The molecular weight excluding hydrogens is 208 g/mol. The number of methoxy groups -OCH3 is 1. The predicted molar refractivity (Wildman–Crippen MR) is 60.8 cm³/mol. The van der Waals surface area contributed by atoms with E-state index in [9.17, 15) is 9.59 Å². The molecule has 0 aliphatic heterocycles. The van der Waals surface area contributed by atoms with Gasteiger partial charge in [-0.05, 0) is 19.8 Å². The Morgan fingerprint density at radius 1 is 1.06 bits per heavy atom. The van der Waals surface area contributed by atoms with Crippen LogP contribution < -0.4 is 0 Å². The average Bonchev–Trinajstić information content (AvgIpc) is 2.27. The normalized spacial score (nSPS) is 14.0. The number of esters is 2. The first-order chi connectivity index (χ1) is 7.52. The Morgan fingerprint density at radius 3 is 2.00 bits per heavy atom. The summed E-state index contributed by atoms with van der Waals surface area (Å²) in [5, 5.41) is 0. The lowest BCUT2D eigenvalue weighted by Gasteiger charge is -2.12. The lowest BCUT2D eigenvalue weighted by molar-refractivity contribution is -0.147. The number of hydrogen-bond acceptors (Lipinski definition) is 4. The summed E-state index contributed by atoms with van der Waals surface area (Å²) in [4.78, 5) is 22.4. The smallest absolute Gasteiger partial charge is 0.308 e. The number of ether oxygens (including phenoxy) is 2. The van der Waals surface area contributed by atoms with Crippen LogP contribution in [0.1, 0.15) is 40.0 Å². The van der Waals surface area contributed by atoms with E-state index < -0.39 is 0 Å². The molecule has 0 radical (unpaired) electrons. The van der Waals surface area contributed by atoms with Gasteiger partial charge < -0.3 is 9.47 Å². The summed E-state index contributed by atoms with van der Waals surface area (Å²) in [5.41, 5.74) is 0. The van der Waals surface area contributed by atoms with Gasteiger partial charge in [0.2, 0.25) is 0 Å². The molecule has 0 aromatic carbocycles. The molecule has 0 aliphatic carbocycles. The van der Waals surface area contributed by atoms with Gasteiger partial charge in [0.25, 0.3) is 0 Å².